The summed E-state index contributed by atoms with van der Waals surface area (Å²) >= 11 is 0. The first-order valence-electron chi connectivity index (χ1n) is 10.4. The van der Waals surface area contributed by atoms with Crippen LogP contribution < -0.4 is 0 Å². The molecule has 0 bridgehead atoms. The van der Waals surface area contributed by atoms with Gasteiger partial charge in [-0.05, 0) is 85.0 Å². The van der Waals surface area contributed by atoms with Gasteiger partial charge in [-0.2, -0.15) is 0 Å². The summed E-state index contributed by atoms with van der Waals surface area (Å²) in [5.74, 6) is 3.38. The van der Waals surface area contributed by atoms with Crippen LogP contribution in [-0.2, 0) is 4.79 Å². The van der Waals surface area contributed by atoms with Gasteiger partial charge in [0.25, 0.3) is 0 Å². The van der Waals surface area contributed by atoms with E-state index < -0.39 is 6.29 Å². The van der Waals surface area contributed by atoms with Crippen molar-refractivity contribution in [2.75, 3.05) is 0 Å². The van der Waals surface area contributed by atoms with Gasteiger partial charge in [-0.1, -0.05) is 26.8 Å². The second-order valence-electron chi connectivity index (χ2n) is 10.0. The van der Waals surface area contributed by atoms with Crippen molar-refractivity contribution >= 4 is 5.78 Å². The second kappa shape index (κ2) is 5.92. The molecule has 0 saturated heterocycles. The Morgan fingerprint density at radius 2 is 1.84 bits per heavy atom. The number of allylic oxidation sites excluding steroid dienone is 2. The summed E-state index contributed by atoms with van der Waals surface area (Å²) in [6, 6.07) is 0. The van der Waals surface area contributed by atoms with Gasteiger partial charge in [-0.3, -0.25) is 4.79 Å². The molecule has 0 aromatic rings. The summed E-state index contributed by atoms with van der Waals surface area (Å²) in [4.78, 5) is 11.9. The monoisotopic (exact) mass is 346 g/mol. The van der Waals surface area contributed by atoms with E-state index in [9.17, 15) is 15.0 Å². The summed E-state index contributed by atoms with van der Waals surface area (Å²) in [5.41, 5.74) is 0.444. The van der Waals surface area contributed by atoms with E-state index in [0.717, 1.165) is 18.8 Å². The standard InChI is InChI=1S/C22H34O3/c1-13(20(24)25)17-6-7-18-16-5-4-14-12-15(23)8-10-21(14,2)19(16)9-11-22(17,18)3/h8,10,13-14,16-20,24-25H,4-7,9,11-12H2,1-3H3/t13?,14-,16-,17+,18-,19-,21-,22+/m0/s1. The molecule has 2 N–H and O–H groups in total. The van der Waals surface area contributed by atoms with Gasteiger partial charge in [-0.25, -0.2) is 0 Å². The number of carbonyl (C=O) groups is 1. The lowest BCUT2D eigenvalue weighted by atomic mass is 9.45. The van der Waals surface area contributed by atoms with E-state index in [1.165, 1.54) is 32.1 Å². The third-order valence-electron chi connectivity index (χ3n) is 9.22. The highest BCUT2D eigenvalue weighted by Crippen LogP contribution is 2.67. The maximum Gasteiger partial charge on any atom is 0.155 e. The molecule has 3 saturated carbocycles. The molecule has 3 nitrogen and oxygen atoms in total. The van der Waals surface area contributed by atoms with Gasteiger partial charge in [0.2, 0.25) is 0 Å². The molecule has 0 heterocycles. The van der Waals surface area contributed by atoms with Crippen LogP contribution in [0.5, 0.6) is 0 Å². The minimum Gasteiger partial charge on any atom is -0.368 e. The summed E-state index contributed by atoms with van der Waals surface area (Å²) < 4.78 is 0. The summed E-state index contributed by atoms with van der Waals surface area (Å²) in [6.07, 6.45) is 10.9. The lowest BCUT2D eigenvalue weighted by molar-refractivity contribution is -0.133. The SMILES string of the molecule is CC(C(O)O)[C@H]1CC[C@H]2[C@@H]3CC[C@H]4CC(=O)C=C[C@]4(C)[C@H]3CC[C@]12C. The minimum absolute atomic E-state index is 0.0364. The predicted molar refractivity (Wildman–Crippen MR) is 97.5 cm³/mol. The molecule has 0 radical (unpaired) electrons. The highest BCUT2D eigenvalue weighted by atomic mass is 16.5. The fourth-order valence-electron chi connectivity index (χ4n) is 7.75. The third-order valence-corrected chi connectivity index (χ3v) is 9.22. The van der Waals surface area contributed by atoms with Gasteiger partial charge in [0.1, 0.15) is 0 Å². The van der Waals surface area contributed by atoms with E-state index in [2.05, 4.69) is 19.9 Å². The van der Waals surface area contributed by atoms with Crippen molar-refractivity contribution in [2.24, 2.45) is 46.3 Å². The summed E-state index contributed by atoms with van der Waals surface area (Å²) in [7, 11) is 0. The highest BCUT2D eigenvalue weighted by molar-refractivity contribution is 5.91. The molecule has 25 heavy (non-hydrogen) atoms. The van der Waals surface area contributed by atoms with Gasteiger partial charge in [0, 0.05) is 12.3 Å². The van der Waals surface area contributed by atoms with Crippen molar-refractivity contribution in [1.82, 2.24) is 0 Å². The highest BCUT2D eigenvalue weighted by Gasteiger charge is 2.60. The summed E-state index contributed by atoms with van der Waals surface area (Å²) in [5, 5.41) is 19.5. The molecule has 3 fully saturated rings. The molecule has 0 aromatic heterocycles. The molecular weight excluding hydrogens is 312 g/mol. The van der Waals surface area contributed by atoms with Gasteiger partial charge < -0.3 is 10.2 Å². The zero-order chi connectivity index (χ0) is 18.0. The van der Waals surface area contributed by atoms with E-state index in [-0.39, 0.29) is 16.7 Å². The Labute approximate surface area is 151 Å². The Balaban J connectivity index is 1.62. The van der Waals surface area contributed by atoms with E-state index in [4.69, 9.17) is 0 Å². The number of hydrogen-bond acceptors (Lipinski definition) is 3. The van der Waals surface area contributed by atoms with Gasteiger partial charge in [0.15, 0.2) is 12.1 Å². The molecular formula is C22H34O3. The molecule has 0 spiro atoms. The molecule has 8 atom stereocenters. The van der Waals surface area contributed by atoms with Crippen molar-refractivity contribution in [2.45, 2.75) is 72.0 Å². The molecule has 0 amide bonds. The van der Waals surface area contributed by atoms with Crippen LogP contribution >= 0.6 is 0 Å². The fourth-order valence-corrected chi connectivity index (χ4v) is 7.75. The normalized spacial score (nSPS) is 50.3. The molecule has 1 unspecified atom stereocenters. The number of hydrogen-bond donors (Lipinski definition) is 2. The number of ketones is 1. The molecule has 4 rings (SSSR count). The maximum atomic E-state index is 11.9. The smallest absolute Gasteiger partial charge is 0.155 e. The van der Waals surface area contributed by atoms with Crippen LogP contribution in [0.4, 0.5) is 0 Å². The number of fused-ring (bicyclic) bond motifs is 5. The van der Waals surface area contributed by atoms with Crippen LogP contribution in [0.2, 0.25) is 0 Å². The molecule has 3 heteroatoms. The van der Waals surface area contributed by atoms with Crippen LogP contribution in [0.1, 0.15) is 65.7 Å². The first kappa shape index (κ1) is 17.7. The Morgan fingerprint density at radius 3 is 2.56 bits per heavy atom. The lowest BCUT2D eigenvalue weighted by Crippen LogP contribution is -2.53. The lowest BCUT2D eigenvalue weighted by Gasteiger charge is -2.59. The van der Waals surface area contributed by atoms with Crippen molar-refractivity contribution < 1.29 is 15.0 Å². The maximum absolute atomic E-state index is 11.9. The van der Waals surface area contributed by atoms with Gasteiger partial charge in [-0.15, -0.1) is 0 Å². The average molecular weight is 347 g/mol. The zero-order valence-electron chi connectivity index (χ0n) is 15.9. The van der Waals surface area contributed by atoms with Crippen LogP contribution in [-0.4, -0.2) is 22.3 Å². The van der Waals surface area contributed by atoms with Crippen LogP contribution in [0.3, 0.4) is 0 Å². The quantitative estimate of drug-likeness (QED) is 0.745. The number of aliphatic hydroxyl groups excluding tert-OH is 1. The fraction of sp³-hybridized carbons (Fsp3) is 0.864. The average Bonchev–Trinajstić information content (AvgIpc) is 2.92. The first-order valence-corrected chi connectivity index (χ1v) is 10.4. The first-order chi connectivity index (χ1) is 11.8. The Morgan fingerprint density at radius 1 is 1.08 bits per heavy atom. The molecule has 4 aliphatic carbocycles. The Hall–Kier alpha value is -0.670. The molecule has 4 aliphatic rings. The van der Waals surface area contributed by atoms with Crippen molar-refractivity contribution in [3.63, 3.8) is 0 Å². The van der Waals surface area contributed by atoms with Gasteiger partial charge >= 0.3 is 0 Å². The largest absolute Gasteiger partial charge is 0.368 e. The predicted octanol–water partition coefficient (Wildman–Crippen LogP) is 3.94. The Bertz CT molecular complexity index is 582. The van der Waals surface area contributed by atoms with Crippen LogP contribution in [0.25, 0.3) is 0 Å². The second-order valence-corrected chi connectivity index (χ2v) is 10.0. The van der Waals surface area contributed by atoms with E-state index in [1.807, 2.05) is 13.0 Å². The van der Waals surface area contributed by atoms with Crippen molar-refractivity contribution in [1.29, 1.82) is 0 Å². The van der Waals surface area contributed by atoms with E-state index in [1.54, 1.807) is 0 Å². The topological polar surface area (TPSA) is 57.5 Å². The summed E-state index contributed by atoms with van der Waals surface area (Å²) in [6.45, 7) is 6.86. The van der Waals surface area contributed by atoms with Crippen molar-refractivity contribution in [3.8, 4) is 0 Å². The van der Waals surface area contributed by atoms with Crippen LogP contribution in [0, 0.1) is 46.3 Å². The molecule has 140 valence electrons. The number of carbonyl (C=O) groups excluding carboxylic acids is 1. The number of rotatable bonds is 2. The third kappa shape index (κ3) is 2.49. The zero-order valence-corrected chi connectivity index (χ0v) is 15.9. The van der Waals surface area contributed by atoms with Crippen molar-refractivity contribution in [3.05, 3.63) is 12.2 Å². The molecule has 0 aromatic carbocycles. The van der Waals surface area contributed by atoms with E-state index >= 15 is 0 Å². The molecule has 0 aliphatic heterocycles. The minimum atomic E-state index is -1.20. The van der Waals surface area contributed by atoms with Crippen LogP contribution in [0.15, 0.2) is 12.2 Å². The van der Waals surface area contributed by atoms with Gasteiger partial charge in [0.05, 0.1) is 0 Å². The number of aliphatic hydroxyl groups is 2. The Kier molecular flexibility index (Phi) is 4.20. The van der Waals surface area contributed by atoms with E-state index in [0.29, 0.717) is 29.5 Å².